The molecule has 0 unspecified atom stereocenters. The Hall–Kier alpha value is -1.37. The molecule has 0 radical (unpaired) electrons. The fourth-order valence-electron chi connectivity index (χ4n) is 3.35. The summed E-state index contributed by atoms with van der Waals surface area (Å²) in [6, 6.07) is 22.1. The molecule has 0 aromatic heterocycles. The molecular formula is C21H23Ti. The minimum atomic E-state index is -1.37. The van der Waals surface area contributed by atoms with E-state index in [1.807, 2.05) is 0 Å². The average molecular weight is 323 g/mol. The standard InChI is InChI=1S/C7H9.2C7H7.Ti/c1-6-3-4-7(2)5-6;2*1-7-5-3-2-4-6-7;/h3H,4H2,1-2H3;2*2-6H,1H2;. The van der Waals surface area contributed by atoms with Crippen molar-refractivity contribution < 1.29 is 17.9 Å². The van der Waals surface area contributed by atoms with E-state index in [-0.39, 0.29) is 0 Å². The molecule has 0 bridgehead atoms. The Morgan fingerprint density at radius 3 is 1.68 bits per heavy atom. The van der Waals surface area contributed by atoms with Gasteiger partial charge in [-0.25, -0.2) is 0 Å². The van der Waals surface area contributed by atoms with Crippen LogP contribution in [0, 0.1) is 0 Å². The van der Waals surface area contributed by atoms with Crippen LogP contribution in [0.15, 0.2) is 81.8 Å². The van der Waals surface area contributed by atoms with E-state index in [2.05, 4.69) is 80.6 Å². The fraction of sp³-hybridized carbons (Fsp3) is 0.238. The Morgan fingerprint density at radius 2 is 1.27 bits per heavy atom. The number of hydrogen-bond donors (Lipinski definition) is 0. The van der Waals surface area contributed by atoms with E-state index in [1.54, 1.807) is 15.0 Å². The third-order valence-corrected chi connectivity index (χ3v) is 9.40. The van der Waals surface area contributed by atoms with Gasteiger partial charge in [-0.05, 0) is 0 Å². The zero-order valence-corrected chi connectivity index (χ0v) is 15.0. The molecule has 0 nitrogen and oxygen atoms in total. The van der Waals surface area contributed by atoms with Gasteiger partial charge in [0.1, 0.15) is 0 Å². The first-order valence-electron chi connectivity index (χ1n) is 8.04. The molecule has 0 heterocycles. The normalized spacial score (nSPS) is 14.2. The van der Waals surface area contributed by atoms with Crippen molar-refractivity contribution in [1.29, 1.82) is 0 Å². The van der Waals surface area contributed by atoms with Gasteiger partial charge in [0.15, 0.2) is 0 Å². The third kappa shape index (κ3) is 3.69. The molecule has 22 heavy (non-hydrogen) atoms. The van der Waals surface area contributed by atoms with Crippen molar-refractivity contribution in [3.05, 3.63) is 92.9 Å². The Labute approximate surface area is 140 Å². The molecule has 1 heteroatoms. The zero-order chi connectivity index (χ0) is 15.4. The molecule has 0 spiro atoms. The molecule has 0 N–H and O–H groups in total. The molecule has 111 valence electrons. The Kier molecular flexibility index (Phi) is 5.13. The average Bonchev–Trinajstić information content (AvgIpc) is 2.88. The SMILES string of the molecule is CC1=CCC(C)=[C]1[Ti]([CH2]c1ccccc1)[CH2]c1ccccc1. The molecule has 2 aromatic carbocycles. The van der Waals surface area contributed by atoms with Crippen LogP contribution in [0.25, 0.3) is 0 Å². The number of benzene rings is 2. The summed E-state index contributed by atoms with van der Waals surface area (Å²) < 4.78 is 4.33. The summed E-state index contributed by atoms with van der Waals surface area (Å²) in [6.45, 7) is 4.65. The Bertz CT molecular complexity index is 639. The first kappa shape index (κ1) is 15.5. The van der Waals surface area contributed by atoms with Crippen molar-refractivity contribution in [2.24, 2.45) is 0 Å². The van der Waals surface area contributed by atoms with Gasteiger partial charge in [-0.2, -0.15) is 0 Å². The van der Waals surface area contributed by atoms with E-state index < -0.39 is 17.9 Å². The molecule has 0 fully saturated rings. The molecule has 3 rings (SSSR count). The second kappa shape index (κ2) is 7.26. The van der Waals surface area contributed by atoms with E-state index in [0.29, 0.717) is 0 Å². The van der Waals surface area contributed by atoms with Crippen LogP contribution in [0.4, 0.5) is 0 Å². The van der Waals surface area contributed by atoms with Crippen molar-refractivity contribution in [3.8, 4) is 0 Å². The molecule has 0 saturated carbocycles. The molecule has 0 amide bonds. The van der Waals surface area contributed by atoms with Gasteiger partial charge in [-0.15, -0.1) is 0 Å². The Balaban J connectivity index is 1.89. The second-order valence-corrected chi connectivity index (χ2v) is 9.94. The van der Waals surface area contributed by atoms with Gasteiger partial charge in [-0.3, -0.25) is 0 Å². The summed E-state index contributed by atoms with van der Waals surface area (Å²) in [5.74, 6) is 0. The van der Waals surface area contributed by atoms with Gasteiger partial charge in [0.05, 0.1) is 0 Å². The topological polar surface area (TPSA) is 0 Å². The molecule has 0 saturated heterocycles. The molecule has 1 aliphatic rings. The predicted octanol–water partition coefficient (Wildman–Crippen LogP) is 5.63. The van der Waals surface area contributed by atoms with Crippen LogP contribution in [-0.2, 0) is 27.3 Å². The van der Waals surface area contributed by atoms with Crippen LogP contribution in [0.3, 0.4) is 0 Å². The maximum absolute atomic E-state index is 2.42. The summed E-state index contributed by atoms with van der Waals surface area (Å²) >= 11 is -1.37. The van der Waals surface area contributed by atoms with Gasteiger partial charge in [0, 0.05) is 0 Å². The molecule has 1 aliphatic carbocycles. The first-order valence-corrected chi connectivity index (χ1v) is 11.0. The van der Waals surface area contributed by atoms with Crippen LogP contribution >= 0.6 is 0 Å². The van der Waals surface area contributed by atoms with Crippen LogP contribution in [-0.4, -0.2) is 0 Å². The van der Waals surface area contributed by atoms with Gasteiger partial charge in [0.2, 0.25) is 0 Å². The van der Waals surface area contributed by atoms with Crippen LogP contribution in [0.5, 0.6) is 0 Å². The maximum atomic E-state index is 2.42. The number of rotatable bonds is 5. The van der Waals surface area contributed by atoms with Gasteiger partial charge in [0.25, 0.3) is 0 Å². The second-order valence-electron chi connectivity index (χ2n) is 6.17. The third-order valence-electron chi connectivity index (χ3n) is 4.41. The number of hydrogen-bond acceptors (Lipinski definition) is 0. The quantitative estimate of drug-likeness (QED) is 0.626. The van der Waals surface area contributed by atoms with E-state index in [9.17, 15) is 0 Å². The van der Waals surface area contributed by atoms with E-state index in [4.69, 9.17) is 0 Å². The van der Waals surface area contributed by atoms with Crippen LogP contribution in [0.2, 0.25) is 0 Å². The van der Waals surface area contributed by atoms with E-state index in [1.165, 1.54) is 27.0 Å². The molecule has 2 aromatic rings. The summed E-state index contributed by atoms with van der Waals surface area (Å²) in [5.41, 5.74) is 6.19. The van der Waals surface area contributed by atoms with Crippen molar-refractivity contribution in [1.82, 2.24) is 0 Å². The molecule has 0 aliphatic heterocycles. The van der Waals surface area contributed by atoms with Gasteiger partial charge >= 0.3 is 140 Å². The summed E-state index contributed by atoms with van der Waals surface area (Å²) in [5, 5.41) is 0. The molecular weight excluding hydrogens is 300 g/mol. The minimum absolute atomic E-state index is 1.17. The first-order chi connectivity index (χ1) is 10.7. The van der Waals surface area contributed by atoms with E-state index in [0.717, 1.165) is 0 Å². The predicted molar refractivity (Wildman–Crippen MR) is 91.4 cm³/mol. The Morgan fingerprint density at radius 1 is 0.773 bits per heavy atom. The van der Waals surface area contributed by atoms with Crippen LogP contribution in [0.1, 0.15) is 31.4 Å². The van der Waals surface area contributed by atoms with Crippen molar-refractivity contribution in [3.63, 3.8) is 0 Å². The van der Waals surface area contributed by atoms with Crippen LogP contribution < -0.4 is 0 Å². The molecule has 0 atom stereocenters. The van der Waals surface area contributed by atoms with E-state index >= 15 is 0 Å². The van der Waals surface area contributed by atoms with Gasteiger partial charge in [-0.1, -0.05) is 0 Å². The monoisotopic (exact) mass is 323 g/mol. The fourth-order valence-corrected chi connectivity index (χ4v) is 8.51. The van der Waals surface area contributed by atoms with Crippen molar-refractivity contribution >= 4 is 0 Å². The van der Waals surface area contributed by atoms with Crippen molar-refractivity contribution in [2.75, 3.05) is 0 Å². The zero-order valence-electron chi connectivity index (χ0n) is 13.5. The number of allylic oxidation sites excluding steroid dienone is 4. The summed E-state index contributed by atoms with van der Waals surface area (Å²) in [7, 11) is 0. The van der Waals surface area contributed by atoms with Gasteiger partial charge < -0.3 is 0 Å². The summed E-state index contributed by atoms with van der Waals surface area (Å²) in [6.07, 6.45) is 3.59. The summed E-state index contributed by atoms with van der Waals surface area (Å²) in [4.78, 5) is 0. The van der Waals surface area contributed by atoms with Crippen molar-refractivity contribution in [2.45, 2.75) is 29.7 Å².